The number of halogens is 3. The summed E-state index contributed by atoms with van der Waals surface area (Å²) in [6.45, 7) is 0. The first-order valence-electron chi connectivity index (χ1n) is 7.09. The molecule has 0 spiro atoms. The van der Waals surface area contributed by atoms with Crippen molar-refractivity contribution in [1.29, 1.82) is 0 Å². The van der Waals surface area contributed by atoms with Crippen LogP contribution in [0.25, 0.3) is 10.8 Å². The first kappa shape index (κ1) is 16.9. The third-order valence-corrected chi connectivity index (χ3v) is 4.98. The smallest absolute Gasteiger partial charge is 0.234 e. The second-order valence-electron chi connectivity index (χ2n) is 5.09. The molecule has 3 aromatic rings. The zero-order valence-corrected chi connectivity index (χ0v) is 14.8. The number of fused-ring (bicyclic) bond motifs is 1. The molecule has 2 nitrogen and oxygen atoms in total. The van der Waals surface area contributed by atoms with Crippen molar-refractivity contribution in [2.24, 2.45) is 0 Å². The van der Waals surface area contributed by atoms with E-state index in [4.69, 9.17) is 0 Å². The Hall–Kier alpha value is -1.92. The molecule has 0 aliphatic carbocycles. The number of rotatable bonds is 4. The number of carbonyl (C=O) groups excluding carboxylic acids is 1. The van der Waals surface area contributed by atoms with E-state index in [1.807, 2.05) is 42.5 Å². The van der Waals surface area contributed by atoms with Crippen LogP contribution in [0.15, 0.2) is 64.0 Å². The lowest BCUT2D eigenvalue weighted by atomic mass is 10.1. The van der Waals surface area contributed by atoms with Gasteiger partial charge in [0, 0.05) is 15.4 Å². The molecule has 0 atom stereocenters. The summed E-state index contributed by atoms with van der Waals surface area (Å²) < 4.78 is 26.9. The molecule has 3 rings (SSSR count). The Balaban J connectivity index is 1.67. The van der Waals surface area contributed by atoms with E-state index >= 15 is 0 Å². The van der Waals surface area contributed by atoms with Gasteiger partial charge in [-0.05, 0) is 44.9 Å². The van der Waals surface area contributed by atoms with Gasteiger partial charge in [0.05, 0.1) is 11.4 Å². The van der Waals surface area contributed by atoms with Crippen LogP contribution in [0, 0.1) is 11.6 Å². The number of anilines is 1. The highest BCUT2D eigenvalue weighted by Crippen LogP contribution is 2.28. The van der Waals surface area contributed by atoms with E-state index in [1.165, 1.54) is 11.8 Å². The molecule has 0 unspecified atom stereocenters. The summed E-state index contributed by atoms with van der Waals surface area (Å²) in [6.07, 6.45) is 0. The highest BCUT2D eigenvalue weighted by molar-refractivity contribution is 9.10. The zero-order chi connectivity index (χ0) is 17.1. The minimum absolute atomic E-state index is 0.0551. The lowest BCUT2D eigenvalue weighted by molar-refractivity contribution is -0.113. The van der Waals surface area contributed by atoms with E-state index in [0.717, 1.165) is 27.8 Å². The molecule has 0 bridgehead atoms. The molecule has 1 N–H and O–H groups in total. The van der Waals surface area contributed by atoms with Crippen LogP contribution in [-0.2, 0) is 4.79 Å². The Morgan fingerprint density at radius 1 is 1.04 bits per heavy atom. The maximum absolute atomic E-state index is 13.7. The summed E-state index contributed by atoms with van der Waals surface area (Å²) in [4.78, 5) is 13.0. The Bertz CT molecular complexity index is 893. The van der Waals surface area contributed by atoms with Crippen molar-refractivity contribution in [3.05, 3.63) is 70.7 Å². The van der Waals surface area contributed by atoms with Crippen LogP contribution in [0.3, 0.4) is 0 Å². The molecule has 122 valence electrons. The van der Waals surface area contributed by atoms with Crippen molar-refractivity contribution >= 4 is 50.1 Å². The molecule has 0 heterocycles. The van der Waals surface area contributed by atoms with Crippen LogP contribution in [0.5, 0.6) is 0 Å². The van der Waals surface area contributed by atoms with E-state index < -0.39 is 11.6 Å². The zero-order valence-electron chi connectivity index (χ0n) is 12.4. The first-order chi connectivity index (χ1) is 11.5. The maximum Gasteiger partial charge on any atom is 0.234 e. The van der Waals surface area contributed by atoms with Crippen LogP contribution >= 0.6 is 27.7 Å². The first-order valence-corrected chi connectivity index (χ1v) is 8.87. The van der Waals surface area contributed by atoms with Gasteiger partial charge in [-0.1, -0.05) is 30.3 Å². The highest BCUT2D eigenvalue weighted by atomic mass is 79.9. The Morgan fingerprint density at radius 2 is 1.79 bits per heavy atom. The fourth-order valence-corrected chi connectivity index (χ4v) is 3.49. The van der Waals surface area contributed by atoms with Crippen molar-refractivity contribution in [2.75, 3.05) is 11.1 Å². The van der Waals surface area contributed by atoms with Gasteiger partial charge in [0.1, 0.15) is 5.82 Å². The Labute approximate surface area is 150 Å². The number of amides is 1. The number of carbonyl (C=O) groups is 1. The summed E-state index contributed by atoms with van der Waals surface area (Å²) in [5, 5.41) is 4.69. The average molecular weight is 408 g/mol. The van der Waals surface area contributed by atoms with Crippen molar-refractivity contribution in [2.45, 2.75) is 4.90 Å². The largest absolute Gasteiger partial charge is 0.322 e. The normalized spacial score (nSPS) is 10.8. The summed E-state index contributed by atoms with van der Waals surface area (Å²) in [6, 6.07) is 15.7. The van der Waals surface area contributed by atoms with Gasteiger partial charge in [0.2, 0.25) is 5.91 Å². The van der Waals surface area contributed by atoms with Gasteiger partial charge in [-0.25, -0.2) is 8.78 Å². The van der Waals surface area contributed by atoms with E-state index in [0.29, 0.717) is 0 Å². The molecule has 6 heteroatoms. The SMILES string of the molecule is O=C(CSc1ccc2ccccc2c1)Nc1c(F)cc(F)cc1Br. The molecule has 0 aliphatic rings. The molecule has 1 amide bonds. The summed E-state index contributed by atoms with van der Waals surface area (Å²) in [5.74, 6) is -1.75. The van der Waals surface area contributed by atoms with Crippen LogP contribution in [0.4, 0.5) is 14.5 Å². The number of nitrogens with one attached hydrogen (secondary N) is 1. The minimum atomic E-state index is -0.814. The molecule has 0 saturated heterocycles. The predicted octanol–water partition coefficient (Wildman–Crippen LogP) is 5.61. The number of hydrogen-bond donors (Lipinski definition) is 1. The van der Waals surface area contributed by atoms with Gasteiger partial charge >= 0.3 is 0 Å². The average Bonchev–Trinajstić information content (AvgIpc) is 2.56. The van der Waals surface area contributed by atoms with Crippen molar-refractivity contribution < 1.29 is 13.6 Å². The molecule has 0 aliphatic heterocycles. The topological polar surface area (TPSA) is 29.1 Å². The van der Waals surface area contributed by atoms with E-state index in [1.54, 1.807) is 0 Å². The highest BCUT2D eigenvalue weighted by Gasteiger charge is 2.13. The third kappa shape index (κ3) is 3.94. The van der Waals surface area contributed by atoms with Gasteiger partial charge in [0.15, 0.2) is 5.82 Å². The Morgan fingerprint density at radius 3 is 2.54 bits per heavy atom. The van der Waals surface area contributed by atoms with Crippen molar-refractivity contribution in [3.8, 4) is 0 Å². The molecule has 0 aromatic heterocycles. The quantitative estimate of drug-likeness (QED) is 0.569. The molecule has 0 saturated carbocycles. The molecular weight excluding hydrogens is 396 g/mol. The number of benzene rings is 3. The van der Waals surface area contributed by atoms with Crippen LogP contribution in [-0.4, -0.2) is 11.7 Å². The summed E-state index contributed by atoms with van der Waals surface area (Å²) in [5.41, 5.74) is -0.0551. The number of thioether (sulfide) groups is 1. The second kappa shape index (κ2) is 7.32. The molecule has 0 fully saturated rings. The second-order valence-corrected chi connectivity index (χ2v) is 6.99. The van der Waals surface area contributed by atoms with Crippen molar-refractivity contribution in [3.63, 3.8) is 0 Å². The predicted molar refractivity (Wildman–Crippen MR) is 97.4 cm³/mol. The van der Waals surface area contributed by atoms with Gasteiger partial charge in [0.25, 0.3) is 0 Å². The molecular formula is C18H12BrF2NOS. The molecule has 3 aromatic carbocycles. The fourth-order valence-electron chi connectivity index (χ4n) is 2.24. The monoisotopic (exact) mass is 407 g/mol. The third-order valence-electron chi connectivity index (χ3n) is 3.36. The van der Waals surface area contributed by atoms with Gasteiger partial charge < -0.3 is 5.32 Å². The minimum Gasteiger partial charge on any atom is -0.322 e. The summed E-state index contributed by atoms with van der Waals surface area (Å²) >= 11 is 4.40. The molecule has 0 radical (unpaired) electrons. The number of hydrogen-bond acceptors (Lipinski definition) is 2. The lowest BCUT2D eigenvalue weighted by Gasteiger charge is -2.09. The van der Waals surface area contributed by atoms with Gasteiger partial charge in [-0.2, -0.15) is 0 Å². The van der Waals surface area contributed by atoms with Crippen LogP contribution < -0.4 is 5.32 Å². The van der Waals surface area contributed by atoms with E-state index in [2.05, 4.69) is 21.2 Å². The van der Waals surface area contributed by atoms with Gasteiger partial charge in [-0.3, -0.25) is 4.79 Å². The lowest BCUT2D eigenvalue weighted by Crippen LogP contribution is -2.15. The standard InChI is InChI=1S/C18H12BrF2NOS/c19-15-8-13(20)9-16(21)18(15)22-17(23)10-24-14-6-5-11-3-1-2-4-12(11)7-14/h1-9H,10H2,(H,22,23). The van der Waals surface area contributed by atoms with Crippen molar-refractivity contribution in [1.82, 2.24) is 0 Å². The Kier molecular flexibility index (Phi) is 5.16. The fraction of sp³-hybridized carbons (Fsp3) is 0.0556. The summed E-state index contributed by atoms with van der Waals surface area (Å²) in [7, 11) is 0. The van der Waals surface area contributed by atoms with Gasteiger partial charge in [-0.15, -0.1) is 11.8 Å². The maximum atomic E-state index is 13.7. The van der Waals surface area contributed by atoms with E-state index in [9.17, 15) is 13.6 Å². The van der Waals surface area contributed by atoms with Crippen LogP contribution in [0.2, 0.25) is 0 Å². The van der Waals surface area contributed by atoms with E-state index in [-0.39, 0.29) is 21.8 Å². The van der Waals surface area contributed by atoms with Crippen LogP contribution in [0.1, 0.15) is 0 Å². The molecule has 24 heavy (non-hydrogen) atoms.